The molecule has 6 nitrogen and oxygen atoms in total. The Hall–Kier alpha value is 0.440. The largest absolute Gasteiger partial charge is 0.389 e. The smallest absolute Gasteiger partial charge is 0.379 e. The van der Waals surface area contributed by atoms with Crippen LogP contribution in [-0.2, 0) is 23.1 Å². The maximum Gasteiger partial charge on any atom is 0.389 e. The summed E-state index contributed by atoms with van der Waals surface area (Å²) in [7, 11) is 0. The van der Waals surface area contributed by atoms with Crippen molar-refractivity contribution in [1.82, 2.24) is 4.90 Å². The van der Waals surface area contributed by atoms with E-state index in [2.05, 4.69) is 4.90 Å². The number of carbonyl (C=O) groups excluding carboxylic acids is 1. The molecule has 1 aliphatic rings. The van der Waals surface area contributed by atoms with Crippen LogP contribution < -0.4 is 0 Å². The SMILES string of the molecule is CCOP(=O)(OC(C)(C)C)SCCSC(=O)C(C)(C)CCN1CCOCC1. The molecule has 0 amide bonds. The maximum atomic E-state index is 12.8. The lowest BCUT2D eigenvalue weighted by atomic mass is 9.91. The van der Waals surface area contributed by atoms with Crippen molar-refractivity contribution >= 4 is 35.1 Å². The van der Waals surface area contributed by atoms with E-state index in [9.17, 15) is 9.36 Å². The summed E-state index contributed by atoms with van der Waals surface area (Å²) in [6, 6.07) is 0. The fraction of sp³-hybridized carbons (Fsp3) is 0.944. The number of carbonyl (C=O) groups is 1. The lowest BCUT2D eigenvalue weighted by molar-refractivity contribution is -0.118. The highest BCUT2D eigenvalue weighted by atomic mass is 32.7. The van der Waals surface area contributed by atoms with Gasteiger partial charge in [-0.3, -0.25) is 14.2 Å². The molecule has 0 N–H and O–H groups in total. The summed E-state index contributed by atoms with van der Waals surface area (Å²) < 4.78 is 29.1. The van der Waals surface area contributed by atoms with Crippen LogP contribution in [0.3, 0.4) is 0 Å². The Labute approximate surface area is 173 Å². The zero-order chi connectivity index (χ0) is 20.6. The summed E-state index contributed by atoms with van der Waals surface area (Å²) in [5.74, 6) is 1.14. The molecular formula is C18H36NO5PS2. The normalized spacial score (nSPS) is 19.0. The average Bonchev–Trinajstić information content (AvgIpc) is 2.56. The summed E-state index contributed by atoms with van der Waals surface area (Å²) in [6.45, 7) is 12.9. The monoisotopic (exact) mass is 441 g/mol. The summed E-state index contributed by atoms with van der Waals surface area (Å²) in [4.78, 5) is 14.9. The van der Waals surface area contributed by atoms with Crippen LogP contribution in [0.25, 0.3) is 0 Å². The molecular weight excluding hydrogens is 405 g/mol. The van der Waals surface area contributed by atoms with Crippen LogP contribution in [0.4, 0.5) is 0 Å². The molecule has 1 fully saturated rings. The van der Waals surface area contributed by atoms with Crippen molar-refractivity contribution in [3.63, 3.8) is 0 Å². The highest BCUT2D eigenvalue weighted by Gasteiger charge is 2.32. The minimum Gasteiger partial charge on any atom is -0.379 e. The van der Waals surface area contributed by atoms with Crippen molar-refractivity contribution < 1.29 is 23.1 Å². The fourth-order valence-electron chi connectivity index (χ4n) is 2.43. The molecule has 27 heavy (non-hydrogen) atoms. The van der Waals surface area contributed by atoms with E-state index < -0.39 is 12.4 Å². The molecule has 0 aromatic heterocycles. The van der Waals surface area contributed by atoms with E-state index in [0.29, 0.717) is 18.1 Å². The second kappa shape index (κ2) is 11.6. The van der Waals surface area contributed by atoms with Crippen LogP contribution in [-0.4, -0.2) is 66.6 Å². The molecule has 1 unspecified atom stereocenters. The first-order chi connectivity index (χ1) is 12.5. The minimum atomic E-state index is -3.20. The molecule has 0 spiro atoms. The van der Waals surface area contributed by atoms with Crippen molar-refractivity contribution in [2.75, 3.05) is 51.0 Å². The third-order valence-electron chi connectivity index (χ3n) is 3.95. The number of thioether (sulfide) groups is 1. The van der Waals surface area contributed by atoms with Gasteiger partial charge in [-0.1, -0.05) is 25.6 Å². The number of nitrogens with zero attached hydrogens (tertiary/aromatic N) is 1. The third kappa shape index (κ3) is 10.7. The molecule has 0 aromatic carbocycles. The van der Waals surface area contributed by atoms with Gasteiger partial charge in [0, 0.05) is 30.0 Å². The van der Waals surface area contributed by atoms with Gasteiger partial charge in [-0.25, -0.2) is 4.57 Å². The molecule has 1 rings (SSSR count). The second-order valence-corrected chi connectivity index (χ2v) is 13.3. The van der Waals surface area contributed by atoms with E-state index in [1.165, 1.54) is 23.1 Å². The van der Waals surface area contributed by atoms with Crippen LogP contribution in [0.1, 0.15) is 48.0 Å². The quantitative estimate of drug-likeness (QED) is 0.338. The number of rotatable bonds is 11. The Kier molecular flexibility index (Phi) is 10.9. The number of ether oxygens (including phenoxy) is 1. The first kappa shape index (κ1) is 25.5. The maximum absolute atomic E-state index is 12.8. The van der Waals surface area contributed by atoms with Crippen LogP contribution in [0, 0.1) is 5.41 Å². The first-order valence-corrected chi connectivity index (χ1v) is 13.7. The Balaban J connectivity index is 2.37. The zero-order valence-electron chi connectivity index (χ0n) is 17.6. The van der Waals surface area contributed by atoms with Crippen LogP contribution in [0.2, 0.25) is 0 Å². The topological polar surface area (TPSA) is 65.1 Å². The van der Waals surface area contributed by atoms with Gasteiger partial charge in [0.25, 0.3) is 0 Å². The molecule has 0 aromatic rings. The highest BCUT2D eigenvalue weighted by molar-refractivity contribution is 8.55. The van der Waals surface area contributed by atoms with E-state index in [1.807, 2.05) is 34.6 Å². The molecule has 1 heterocycles. The lowest BCUT2D eigenvalue weighted by Crippen LogP contribution is -2.39. The van der Waals surface area contributed by atoms with E-state index in [1.54, 1.807) is 6.92 Å². The molecule has 0 aliphatic carbocycles. The summed E-state index contributed by atoms with van der Waals surface area (Å²) in [5, 5.41) is 0.180. The van der Waals surface area contributed by atoms with Crippen molar-refractivity contribution in [3.05, 3.63) is 0 Å². The summed E-state index contributed by atoms with van der Waals surface area (Å²) >= 11 is 2.49. The average molecular weight is 442 g/mol. The summed E-state index contributed by atoms with van der Waals surface area (Å²) in [6.07, 6.45) is 0.830. The van der Waals surface area contributed by atoms with Crippen LogP contribution in [0.15, 0.2) is 0 Å². The molecule has 1 saturated heterocycles. The highest BCUT2D eigenvalue weighted by Crippen LogP contribution is 2.62. The van der Waals surface area contributed by atoms with Crippen LogP contribution >= 0.6 is 29.9 Å². The van der Waals surface area contributed by atoms with E-state index >= 15 is 0 Å². The first-order valence-electron chi connectivity index (χ1n) is 9.55. The zero-order valence-corrected chi connectivity index (χ0v) is 20.1. The van der Waals surface area contributed by atoms with Gasteiger partial charge in [0.2, 0.25) is 0 Å². The van der Waals surface area contributed by atoms with Gasteiger partial charge < -0.3 is 9.26 Å². The molecule has 0 bridgehead atoms. The van der Waals surface area contributed by atoms with Crippen molar-refractivity contribution in [1.29, 1.82) is 0 Å². The lowest BCUT2D eigenvalue weighted by Gasteiger charge is -2.30. The predicted octanol–water partition coefficient (Wildman–Crippen LogP) is 4.69. The van der Waals surface area contributed by atoms with Crippen molar-refractivity contribution in [2.24, 2.45) is 5.41 Å². The van der Waals surface area contributed by atoms with E-state index in [4.69, 9.17) is 13.8 Å². The van der Waals surface area contributed by atoms with E-state index in [0.717, 1.165) is 39.3 Å². The van der Waals surface area contributed by atoms with Crippen molar-refractivity contribution in [3.8, 4) is 0 Å². The van der Waals surface area contributed by atoms with Gasteiger partial charge in [0.05, 0.1) is 25.4 Å². The van der Waals surface area contributed by atoms with Gasteiger partial charge >= 0.3 is 6.80 Å². The Bertz CT molecular complexity index is 504. The number of morpholine rings is 1. The molecule has 160 valence electrons. The Morgan fingerprint density at radius 1 is 1.15 bits per heavy atom. The van der Waals surface area contributed by atoms with Crippen molar-refractivity contribution in [2.45, 2.75) is 53.6 Å². The van der Waals surface area contributed by atoms with Gasteiger partial charge in [0.15, 0.2) is 5.12 Å². The Morgan fingerprint density at radius 2 is 1.78 bits per heavy atom. The van der Waals surface area contributed by atoms with Gasteiger partial charge in [-0.05, 0) is 52.0 Å². The van der Waals surface area contributed by atoms with E-state index in [-0.39, 0.29) is 10.5 Å². The standard InChI is InChI=1S/C18H36NO5PS2/c1-7-23-25(21,24-17(2,3)4)27-15-14-26-16(20)18(5,6)8-9-19-10-12-22-13-11-19/h7-15H2,1-6H3. The predicted molar refractivity (Wildman–Crippen MR) is 116 cm³/mol. The Morgan fingerprint density at radius 3 is 2.33 bits per heavy atom. The van der Waals surface area contributed by atoms with Crippen LogP contribution in [0.5, 0.6) is 0 Å². The van der Waals surface area contributed by atoms with Gasteiger partial charge in [0.1, 0.15) is 0 Å². The third-order valence-corrected chi connectivity index (χ3v) is 9.51. The molecule has 0 radical (unpaired) electrons. The second-order valence-electron chi connectivity index (χ2n) is 8.13. The molecule has 1 atom stereocenters. The molecule has 9 heteroatoms. The van der Waals surface area contributed by atoms with Gasteiger partial charge in [-0.15, -0.1) is 0 Å². The molecule has 1 aliphatic heterocycles. The van der Waals surface area contributed by atoms with Gasteiger partial charge in [-0.2, -0.15) is 0 Å². The molecule has 0 saturated carbocycles. The summed E-state index contributed by atoms with van der Waals surface area (Å²) in [5.41, 5.74) is -0.915. The fourth-order valence-corrected chi connectivity index (χ4v) is 7.84. The number of hydrogen-bond acceptors (Lipinski definition) is 8. The number of hydrogen-bond donors (Lipinski definition) is 0. The minimum absolute atomic E-state index is 0.180.